The Morgan fingerprint density at radius 1 is 1.47 bits per heavy atom. The van der Waals surface area contributed by atoms with E-state index in [2.05, 4.69) is 32.7 Å². The van der Waals surface area contributed by atoms with Gasteiger partial charge in [-0.25, -0.2) is 0 Å². The number of rotatable bonds is 5. The molecule has 2 rings (SSSR count). The number of carbonyl (C=O) groups is 1. The first-order valence-electron chi connectivity index (χ1n) is 6.83. The number of amides is 1. The van der Waals surface area contributed by atoms with Gasteiger partial charge in [0.2, 0.25) is 10.1 Å². The Kier molecular flexibility index (Phi) is 5.09. The van der Waals surface area contributed by atoms with Crippen LogP contribution in [0.5, 0.6) is 0 Å². The first-order valence-corrected chi connectivity index (χ1v) is 7.65. The number of hydrogen-bond acceptors (Lipinski definition) is 6. The molecule has 1 aliphatic heterocycles. The third-order valence-electron chi connectivity index (χ3n) is 3.24. The van der Waals surface area contributed by atoms with Gasteiger partial charge in [0.1, 0.15) is 0 Å². The van der Waals surface area contributed by atoms with Crippen molar-refractivity contribution in [2.75, 3.05) is 31.5 Å². The van der Waals surface area contributed by atoms with Crippen molar-refractivity contribution in [1.82, 2.24) is 20.4 Å². The predicted molar refractivity (Wildman–Crippen MR) is 76.7 cm³/mol. The second kappa shape index (κ2) is 6.81. The Balaban J connectivity index is 1.88. The highest BCUT2D eigenvalue weighted by atomic mass is 32.1. The van der Waals surface area contributed by atoms with Crippen molar-refractivity contribution in [3.05, 3.63) is 5.01 Å². The molecule has 0 saturated carbocycles. The Morgan fingerprint density at radius 3 is 3.05 bits per heavy atom. The van der Waals surface area contributed by atoms with Gasteiger partial charge in [0.15, 0.2) is 0 Å². The van der Waals surface area contributed by atoms with Gasteiger partial charge in [0, 0.05) is 19.1 Å². The topological polar surface area (TPSA) is 70.1 Å². The quantitative estimate of drug-likeness (QED) is 0.849. The van der Waals surface area contributed by atoms with Crippen LogP contribution in [0.3, 0.4) is 0 Å². The number of hydrogen-bond donors (Lipinski definition) is 2. The van der Waals surface area contributed by atoms with Crippen LogP contribution >= 0.6 is 11.3 Å². The maximum Gasteiger partial charge on any atom is 0.282 e. The number of likely N-dealkylation sites (N-methyl/N-ethyl adjacent to an activating group) is 1. The summed E-state index contributed by atoms with van der Waals surface area (Å²) in [5, 5.41) is 15.1. The van der Waals surface area contributed by atoms with Gasteiger partial charge in [-0.05, 0) is 32.9 Å². The molecule has 2 heterocycles. The summed E-state index contributed by atoms with van der Waals surface area (Å²) >= 11 is 1.30. The summed E-state index contributed by atoms with van der Waals surface area (Å²) in [5.41, 5.74) is 0. The maximum absolute atomic E-state index is 12.1. The molecule has 1 fully saturated rings. The largest absolute Gasteiger partial charge is 0.360 e. The molecule has 106 valence electrons. The number of nitrogens with one attached hydrogen (secondary N) is 2. The summed E-state index contributed by atoms with van der Waals surface area (Å²) in [7, 11) is 0. The zero-order valence-electron chi connectivity index (χ0n) is 11.5. The van der Waals surface area contributed by atoms with Crippen LogP contribution in [0.15, 0.2) is 0 Å². The molecule has 7 heteroatoms. The molecule has 0 aliphatic carbocycles. The lowest BCUT2D eigenvalue weighted by atomic mass is 10.1. The van der Waals surface area contributed by atoms with Crippen LogP contribution in [-0.4, -0.2) is 53.2 Å². The fourth-order valence-corrected chi connectivity index (χ4v) is 2.96. The van der Waals surface area contributed by atoms with E-state index in [9.17, 15) is 4.79 Å². The van der Waals surface area contributed by atoms with Crippen molar-refractivity contribution < 1.29 is 4.79 Å². The SMILES string of the molecule is CCNc1nnc(C(=O)NC2CCCN(CC)C2)s1. The molecule has 6 nitrogen and oxygen atoms in total. The number of anilines is 1. The molecule has 0 radical (unpaired) electrons. The first kappa shape index (κ1) is 14.2. The summed E-state index contributed by atoms with van der Waals surface area (Å²) in [6.45, 7) is 8.02. The highest BCUT2D eigenvalue weighted by Gasteiger charge is 2.22. The van der Waals surface area contributed by atoms with Crippen LogP contribution in [0, 0.1) is 0 Å². The summed E-state index contributed by atoms with van der Waals surface area (Å²) < 4.78 is 0. The highest BCUT2D eigenvalue weighted by Crippen LogP contribution is 2.16. The van der Waals surface area contributed by atoms with Gasteiger partial charge < -0.3 is 15.5 Å². The van der Waals surface area contributed by atoms with E-state index in [4.69, 9.17) is 0 Å². The monoisotopic (exact) mass is 283 g/mol. The third kappa shape index (κ3) is 3.87. The van der Waals surface area contributed by atoms with E-state index in [1.807, 2.05) is 6.92 Å². The van der Waals surface area contributed by atoms with Crippen molar-refractivity contribution in [2.24, 2.45) is 0 Å². The minimum absolute atomic E-state index is 0.107. The molecule has 0 bridgehead atoms. The van der Waals surface area contributed by atoms with Gasteiger partial charge >= 0.3 is 0 Å². The molecule has 2 N–H and O–H groups in total. The second-order valence-corrected chi connectivity index (χ2v) is 5.63. The van der Waals surface area contributed by atoms with Crippen LogP contribution in [0.25, 0.3) is 0 Å². The van der Waals surface area contributed by atoms with Gasteiger partial charge in [-0.3, -0.25) is 4.79 Å². The number of carbonyl (C=O) groups excluding carboxylic acids is 1. The molecule has 1 aromatic heterocycles. The zero-order chi connectivity index (χ0) is 13.7. The molecule has 19 heavy (non-hydrogen) atoms. The van der Waals surface area contributed by atoms with E-state index in [0.717, 1.165) is 39.0 Å². The summed E-state index contributed by atoms with van der Waals surface area (Å²) in [6, 6.07) is 0.229. The van der Waals surface area contributed by atoms with E-state index >= 15 is 0 Å². The van der Waals surface area contributed by atoms with Crippen LogP contribution in [0.4, 0.5) is 5.13 Å². The van der Waals surface area contributed by atoms with E-state index < -0.39 is 0 Å². The van der Waals surface area contributed by atoms with Crippen molar-refractivity contribution in [3.8, 4) is 0 Å². The van der Waals surface area contributed by atoms with Gasteiger partial charge in [-0.15, -0.1) is 10.2 Å². The summed E-state index contributed by atoms with van der Waals surface area (Å²) in [5.74, 6) is -0.107. The lowest BCUT2D eigenvalue weighted by molar-refractivity contribution is 0.0904. The Bertz CT molecular complexity index is 422. The van der Waals surface area contributed by atoms with Gasteiger partial charge in [0.25, 0.3) is 5.91 Å². The Morgan fingerprint density at radius 2 is 2.32 bits per heavy atom. The first-order chi connectivity index (χ1) is 9.22. The predicted octanol–water partition coefficient (Wildman–Crippen LogP) is 1.18. The van der Waals surface area contributed by atoms with Crippen LogP contribution < -0.4 is 10.6 Å². The zero-order valence-corrected chi connectivity index (χ0v) is 12.3. The van der Waals surface area contributed by atoms with Crippen LogP contribution in [0.1, 0.15) is 36.5 Å². The molecule has 1 aromatic rings. The van der Waals surface area contributed by atoms with Gasteiger partial charge in [0.05, 0.1) is 0 Å². The van der Waals surface area contributed by atoms with Crippen molar-refractivity contribution in [1.29, 1.82) is 0 Å². The van der Waals surface area contributed by atoms with E-state index in [0.29, 0.717) is 10.1 Å². The average Bonchev–Trinajstić information content (AvgIpc) is 2.88. The molecule has 1 amide bonds. The molecule has 1 atom stereocenters. The number of aromatic nitrogens is 2. The van der Waals surface area contributed by atoms with E-state index in [1.54, 1.807) is 0 Å². The summed E-state index contributed by atoms with van der Waals surface area (Å²) in [4.78, 5) is 14.4. The Hall–Kier alpha value is -1.21. The van der Waals surface area contributed by atoms with Crippen molar-refractivity contribution in [3.63, 3.8) is 0 Å². The molecule has 0 aromatic carbocycles. The number of likely N-dealkylation sites (tertiary alicyclic amines) is 1. The third-order valence-corrected chi connectivity index (χ3v) is 4.11. The number of piperidine rings is 1. The minimum atomic E-state index is -0.107. The Labute approximate surface area is 117 Å². The molecule has 1 aliphatic rings. The second-order valence-electron chi connectivity index (χ2n) is 4.65. The van der Waals surface area contributed by atoms with E-state index in [-0.39, 0.29) is 11.9 Å². The maximum atomic E-state index is 12.1. The molecular formula is C12H21N5OS. The lowest BCUT2D eigenvalue weighted by Gasteiger charge is -2.31. The van der Waals surface area contributed by atoms with Crippen LogP contribution in [-0.2, 0) is 0 Å². The lowest BCUT2D eigenvalue weighted by Crippen LogP contribution is -2.47. The molecular weight excluding hydrogens is 262 g/mol. The standard InChI is InChI=1S/C12H21N5OS/c1-3-13-12-16-15-11(19-12)10(18)14-9-6-5-7-17(4-2)8-9/h9H,3-8H2,1-2H3,(H,13,16)(H,14,18). The minimum Gasteiger partial charge on any atom is -0.360 e. The fraction of sp³-hybridized carbons (Fsp3) is 0.750. The van der Waals surface area contributed by atoms with E-state index in [1.165, 1.54) is 11.3 Å². The van der Waals surface area contributed by atoms with Crippen molar-refractivity contribution >= 4 is 22.4 Å². The molecule has 1 saturated heterocycles. The highest BCUT2D eigenvalue weighted by molar-refractivity contribution is 7.17. The molecule has 0 spiro atoms. The van der Waals surface area contributed by atoms with Crippen LogP contribution in [0.2, 0.25) is 0 Å². The molecule has 1 unspecified atom stereocenters. The normalized spacial score (nSPS) is 20.2. The average molecular weight is 283 g/mol. The smallest absolute Gasteiger partial charge is 0.282 e. The van der Waals surface area contributed by atoms with Gasteiger partial charge in [-0.2, -0.15) is 0 Å². The summed E-state index contributed by atoms with van der Waals surface area (Å²) in [6.07, 6.45) is 2.18. The van der Waals surface area contributed by atoms with Crippen molar-refractivity contribution in [2.45, 2.75) is 32.7 Å². The van der Waals surface area contributed by atoms with Gasteiger partial charge in [-0.1, -0.05) is 18.3 Å². The fourth-order valence-electron chi connectivity index (χ4n) is 2.25. The number of nitrogens with zero attached hydrogens (tertiary/aromatic N) is 3.